The Morgan fingerprint density at radius 2 is 2.32 bits per heavy atom. The Bertz CT molecular complexity index is 470. The van der Waals surface area contributed by atoms with Gasteiger partial charge in [0.15, 0.2) is 0 Å². The van der Waals surface area contributed by atoms with Crippen molar-refractivity contribution in [1.82, 2.24) is 5.32 Å². The van der Waals surface area contributed by atoms with Crippen LogP contribution >= 0.6 is 0 Å². The molecule has 0 saturated carbocycles. The van der Waals surface area contributed by atoms with Crippen molar-refractivity contribution in [3.63, 3.8) is 0 Å². The van der Waals surface area contributed by atoms with E-state index in [0.29, 0.717) is 12.6 Å². The molecular weight excluding hydrogens is 234 g/mol. The summed E-state index contributed by atoms with van der Waals surface area (Å²) in [6.45, 7) is 5.71. The third-order valence-corrected chi connectivity index (χ3v) is 3.55. The summed E-state index contributed by atoms with van der Waals surface area (Å²) in [4.78, 5) is 0. The number of rotatable bonds is 5. The number of fused-ring (bicyclic) bond motifs is 1. The van der Waals surface area contributed by atoms with E-state index in [0.717, 1.165) is 18.7 Å². The summed E-state index contributed by atoms with van der Waals surface area (Å²) in [5.74, 6) is 6.88. The van der Waals surface area contributed by atoms with E-state index in [1.54, 1.807) is 0 Å². The molecule has 0 aromatic heterocycles. The lowest BCUT2D eigenvalue weighted by Crippen LogP contribution is -2.24. The first-order valence-corrected chi connectivity index (χ1v) is 7.23. The third kappa shape index (κ3) is 3.75. The summed E-state index contributed by atoms with van der Waals surface area (Å²) in [6.07, 6.45) is 4.49. The van der Waals surface area contributed by atoms with Gasteiger partial charge in [0, 0.05) is 12.5 Å². The van der Waals surface area contributed by atoms with Crippen LogP contribution in [0.2, 0.25) is 0 Å². The van der Waals surface area contributed by atoms with Gasteiger partial charge < -0.3 is 10.1 Å². The fraction of sp³-hybridized carbons (Fsp3) is 0.529. The fourth-order valence-corrected chi connectivity index (χ4v) is 2.67. The summed E-state index contributed by atoms with van der Waals surface area (Å²) < 4.78 is 5.77. The zero-order valence-corrected chi connectivity index (χ0v) is 12.0. The lowest BCUT2D eigenvalue weighted by molar-refractivity contribution is 0.325. The quantitative estimate of drug-likeness (QED) is 0.644. The second kappa shape index (κ2) is 7.21. The molecular formula is C17H23NO. The molecule has 1 atom stereocenters. The van der Waals surface area contributed by atoms with Gasteiger partial charge in [-0.1, -0.05) is 13.0 Å². The number of hydrogen-bond donors (Lipinski definition) is 1. The average Bonchev–Trinajstić information content (AvgIpc) is 2.44. The molecule has 19 heavy (non-hydrogen) atoms. The van der Waals surface area contributed by atoms with Gasteiger partial charge in [-0.05, 0) is 56.0 Å². The minimum atomic E-state index is 0.493. The van der Waals surface area contributed by atoms with Gasteiger partial charge in [-0.3, -0.25) is 0 Å². The molecule has 1 unspecified atom stereocenters. The van der Waals surface area contributed by atoms with Crippen LogP contribution in [0.4, 0.5) is 0 Å². The first-order chi connectivity index (χ1) is 9.35. The molecule has 102 valence electrons. The molecule has 0 aliphatic heterocycles. The predicted octanol–water partition coefficient (Wildman–Crippen LogP) is 3.47. The summed E-state index contributed by atoms with van der Waals surface area (Å²) in [5.41, 5.74) is 2.89. The molecule has 0 amide bonds. The Kier molecular flexibility index (Phi) is 5.30. The SMILES string of the molecule is CC#CCCOc1ccc2c(c1)C(NCC)CCC2. The van der Waals surface area contributed by atoms with E-state index in [4.69, 9.17) is 4.74 Å². The summed E-state index contributed by atoms with van der Waals surface area (Å²) in [5, 5.41) is 3.57. The van der Waals surface area contributed by atoms with Gasteiger partial charge in [-0.15, -0.1) is 11.8 Å². The van der Waals surface area contributed by atoms with Crippen LogP contribution in [0, 0.1) is 11.8 Å². The van der Waals surface area contributed by atoms with Crippen molar-refractivity contribution in [2.75, 3.05) is 13.2 Å². The topological polar surface area (TPSA) is 21.3 Å². The number of ether oxygens (including phenoxy) is 1. The van der Waals surface area contributed by atoms with Gasteiger partial charge in [-0.25, -0.2) is 0 Å². The van der Waals surface area contributed by atoms with Gasteiger partial charge in [0.25, 0.3) is 0 Å². The molecule has 1 aromatic carbocycles. The Hall–Kier alpha value is -1.46. The molecule has 0 radical (unpaired) electrons. The highest BCUT2D eigenvalue weighted by Gasteiger charge is 2.19. The molecule has 1 aliphatic carbocycles. The molecule has 1 aromatic rings. The molecule has 0 heterocycles. The van der Waals surface area contributed by atoms with Crippen LogP contribution in [0.5, 0.6) is 5.75 Å². The van der Waals surface area contributed by atoms with Crippen molar-refractivity contribution in [1.29, 1.82) is 0 Å². The van der Waals surface area contributed by atoms with Crippen LogP contribution in [-0.4, -0.2) is 13.2 Å². The molecule has 2 heteroatoms. The molecule has 0 fully saturated rings. The molecule has 0 spiro atoms. The Morgan fingerprint density at radius 1 is 1.42 bits per heavy atom. The molecule has 1 N–H and O–H groups in total. The highest BCUT2D eigenvalue weighted by atomic mass is 16.5. The predicted molar refractivity (Wildman–Crippen MR) is 79.4 cm³/mol. The zero-order chi connectivity index (χ0) is 13.5. The zero-order valence-electron chi connectivity index (χ0n) is 12.0. The maximum Gasteiger partial charge on any atom is 0.119 e. The highest BCUT2D eigenvalue weighted by Crippen LogP contribution is 2.32. The van der Waals surface area contributed by atoms with Gasteiger partial charge in [0.1, 0.15) is 5.75 Å². The number of nitrogens with one attached hydrogen (secondary N) is 1. The molecule has 0 bridgehead atoms. The van der Waals surface area contributed by atoms with E-state index < -0.39 is 0 Å². The van der Waals surface area contributed by atoms with Crippen LogP contribution in [0.1, 0.15) is 50.3 Å². The van der Waals surface area contributed by atoms with Gasteiger partial charge in [-0.2, -0.15) is 0 Å². The lowest BCUT2D eigenvalue weighted by Gasteiger charge is -2.26. The van der Waals surface area contributed by atoms with Crippen molar-refractivity contribution in [3.8, 4) is 17.6 Å². The second-order valence-electron chi connectivity index (χ2n) is 4.89. The smallest absolute Gasteiger partial charge is 0.119 e. The number of hydrogen-bond acceptors (Lipinski definition) is 2. The Balaban J connectivity index is 2.06. The van der Waals surface area contributed by atoms with E-state index in [1.807, 2.05) is 6.92 Å². The Morgan fingerprint density at radius 3 is 3.11 bits per heavy atom. The molecule has 2 rings (SSSR count). The van der Waals surface area contributed by atoms with Crippen molar-refractivity contribution in [2.24, 2.45) is 0 Å². The van der Waals surface area contributed by atoms with Gasteiger partial charge in [0.05, 0.1) is 6.61 Å². The van der Waals surface area contributed by atoms with Crippen molar-refractivity contribution >= 4 is 0 Å². The molecule has 0 saturated heterocycles. The van der Waals surface area contributed by atoms with Crippen LogP contribution in [0.25, 0.3) is 0 Å². The van der Waals surface area contributed by atoms with E-state index in [-0.39, 0.29) is 0 Å². The van der Waals surface area contributed by atoms with Crippen molar-refractivity contribution in [3.05, 3.63) is 29.3 Å². The van der Waals surface area contributed by atoms with Gasteiger partial charge >= 0.3 is 0 Å². The monoisotopic (exact) mass is 257 g/mol. The molecule has 1 aliphatic rings. The van der Waals surface area contributed by atoms with E-state index in [1.165, 1.54) is 30.4 Å². The summed E-state index contributed by atoms with van der Waals surface area (Å²) in [7, 11) is 0. The van der Waals surface area contributed by atoms with E-state index in [2.05, 4.69) is 42.3 Å². The maximum absolute atomic E-state index is 5.77. The summed E-state index contributed by atoms with van der Waals surface area (Å²) in [6, 6.07) is 7.01. The van der Waals surface area contributed by atoms with Crippen LogP contribution in [-0.2, 0) is 6.42 Å². The van der Waals surface area contributed by atoms with E-state index >= 15 is 0 Å². The largest absolute Gasteiger partial charge is 0.493 e. The Labute approximate surface area is 116 Å². The first-order valence-electron chi connectivity index (χ1n) is 7.23. The first kappa shape index (κ1) is 14.0. The van der Waals surface area contributed by atoms with Crippen LogP contribution in [0.15, 0.2) is 18.2 Å². The molecule has 2 nitrogen and oxygen atoms in total. The third-order valence-electron chi connectivity index (χ3n) is 3.55. The van der Waals surface area contributed by atoms with Crippen molar-refractivity contribution < 1.29 is 4.74 Å². The van der Waals surface area contributed by atoms with Crippen molar-refractivity contribution in [2.45, 2.75) is 45.6 Å². The lowest BCUT2D eigenvalue weighted by atomic mass is 9.87. The normalized spacial score (nSPS) is 17.3. The average molecular weight is 257 g/mol. The van der Waals surface area contributed by atoms with Gasteiger partial charge in [0.2, 0.25) is 0 Å². The minimum Gasteiger partial charge on any atom is -0.493 e. The van der Waals surface area contributed by atoms with Crippen LogP contribution < -0.4 is 10.1 Å². The number of aryl methyl sites for hydroxylation is 1. The standard InChI is InChI=1S/C17H23NO/c1-3-5-6-12-19-15-11-10-14-8-7-9-17(18-4-2)16(14)13-15/h10-11,13,17-18H,4,6-9,12H2,1-2H3. The van der Waals surface area contributed by atoms with Crippen LogP contribution in [0.3, 0.4) is 0 Å². The maximum atomic E-state index is 5.77. The second-order valence-corrected chi connectivity index (χ2v) is 4.89. The number of benzene rings is 1. The highest BCUT2D eigenvalue weighted by molar-refractivity contribution is 5.39. The summed E-state index contributed by atoms with van der Waals surface area (Å²) >= 11 is 0. The fourth-order valence-electron chi connectivity index (χ4n) is 2.67. The van der Waals surface area contributed by atoms with E-state index in [9.17, 15) is 0 Å². The minimum absolute atomic E-state index is 0.493.